The molecule has 0 N–H and O–H groups in total. The van der Waals surface area contributed by atoms with Gasteiger partial charge in [-0.2, -0.15) is 0 Å². The van der Waals surface area contributed by atoms with Crippen molar-refractivity contribution in [2.45, 2.75) is 52.4 Å². The zero-order chi connectivity index (χ0) is 12.5. The van der Waals surface area contributed by atoms with Gasteiger partial charge in [-0.3, -0.25) is 4.79 Å². The highest BCUT2D eigenvalue weighted by atomic mass is 16.1. The summed E-state index contributed by atoms with van der Waals surface area (Å²) in [5.41, 5.74) is 1.38. The van der Waals surface area contributed by atoms with E-state index in [0.717, 1.165) is 25.7 Å². The molecule has 17 heavy (non-hydrogen) atoms. The first-order valence-corrected chi connectivity index (χ1v) is 6.78. The Morgan fingerprint density at radius 2 is 1.76 bits per heavy atom. The maximum absolute atomic E-state index is 11.5. The largest absolute Gasteiger partial charge is 0.300 e. The third-order valence-corrected chi connectivity index (χ3v) is 3.34. The molecule has 1 aromatic carbocycles. The highest BCUT2D eigenvalue weighted by Gasteiger charge is 2.12. The van der Waals surface area contributed by atoms with Crippen molar-refractivity contribution in [3.05, 3.63) is 35.9 Å². The van der Waals surface area contributed by atoms with Crippen LogP contribution in [0.25, 0.3) is 0 Å². The van der Waals surface area contributed by atoms with Gasteiger partial charge in [0.2, 0.25) is 0 Å². The molecule has 1 rings (SSSR count). The van der Waals surface area contributed by atoms with Crippen molar-refractivity contribution in [2.24, 2.45) is 5.92 Å². The van der Waals surface area contributed by atoms with Crippen LogP contribution in [0.2, 0.25) is 0 Å². The van der Waals surface area contributed by atoms with E-state index in [9.17, 15) is 4.79 Å². The number of hydrogen-bond acceptors (Lipinski definition) is 1. The summed E-state index contributed by atoms with van der Waals surface area (Å²) < 4.78 is 0. The Hall–Kier alpha value is -1.11. The molecule has 0 radical (unpaired) electrons. The molecular formula is C16H24O. The van der Waals surface area contributed by atoms with Crippen LogP contribution in [-0.4, -0.2) is 5.78 Å². The molecule has 0 fully saturated rings. The molecule has 0 bridgehead atoms. The Balaban J connectivity index is 2.29. The fourth-order valence-corrected chi connectivity index (χ4v) is 2.20. The maximum Gasteiger partial charge on any atom is 0.132 e. The summed E-state index contributed by atoms with van der Waals surface area (Å²) in [5.74, 6) is 0.658. The predicted octanol–water partition coefficient (Wildman–Crippen LogP) is 4.40. The second-order valence-electron chi connectivity index (χ2n) is 4.83. The minimum Gasteiger partial charge on any atom is -0.300 e. The number of rotatable bonds is 8. The molecule has 1 atom stereocenters. The van der Waals surface area contributed by atoms with Crippen molar-refractivity contribution in [1.82, 2.24) is 0 Å². The average molecular weight is 232 g/mol. The number of benzene rings is 1. The molecule has 0 saturated carbocycles. The summed E-state index contributed by atoms with van der Waals surface area (Å²) in [6.45, 7) is 3.92. The van der Waals surface area contributed by atoms with Gasteiger partial charge in [-0.1, -0.05) is 50.1 Å². The lowest BCUT2D eigenvalue weighted by atomic mass is 9.92. The second-order valence-corrected chi connectivity index (χ2v) is 4.83. The summed E-state index contributed by atoms with van der Waals surface area (Å²) >= 11 is 0. The topological polar surface area (TPSA) is 17.1 Å². The number of hydrogen-bond donors (Lipinski definition) is 0. The first-order valence-electron chi connectivity index (χ1n) is 6.78. The quantitative estimate of drug-likeness (QED) is 0.649. The number of unbranched alkanes of at least 4 members (excludes halogenated alkanes) is 1. The molecule has 0 spiro atoms. The molecule has 0 aromatic heterocycles. The van der Waals surface area contributed by atoms with Crippen LogP contribution in [0.15, 0.2) is 30.3 Å². The second kappa shape index (κ2) is 8.05. The summed E-state index contributed by atoms with van der Waals surface area (Å²) in [7, 11) is 0. The van der Waals surface area contributed by atoms with E-state index in [1.54, 1.807) is 6.92 Å². The highest BCUT2D eigenvalue weighted by Crippen LogP contribution is 2.17. The van der Waals surface area contributed by atoms with Gasteiger partial charge in [-0.25, -0.2) is 0 Å². The molecule has 1 heteroatoms. The van der Waals surface area contributed by atoms with Crippen molar-refractivity contribution < 1.29 is 4.79 Å². The van der Waals surface area contributed by atoms with E-state index in [1.807, 2.05) is 6.07 Å². The van der Waals surface area contributed by atoms with Crippen LogP contribution < -0.4 is 0 Å². The van der Waals surface area contributed by atoms with Gasteiger partial charge in [0.1, 0.15) is 5.78 Å². The van der Waals surface area contributed by atoms with Gasteiger partial charge in [-0.15, -0.1) is 0 Å². The zero-order valence-electron chi connectivity index (χ0n) is 11.1. The van der Waals surface area contributed by atoms with E-state index >= 15 is 0 Å². The fourth-order valence-electron chi connectivity index (χ4n) is 2.20. The van der Waals surface area contributed by atoms with E-state index in [2.05, 4.69) is 31.2 Å². The van der Waals surface area contributed by atoms with E-state index < -0.39 is 0 Å². The fraction of sp³-hybridized carbons (Fsp3) is 0.562. The molecule has 0 aliphatic heterocycles. The number of ketones is 1. The number of carbonyl (C=O) groups excluding carboxylic acids is 1. The van der Waals surface area contributed by atoms with Crippen molar-refractivity contribution in [2.75, 3.05) is 0 Å². The van der Waals surface area contributed by atoms with Crippen LogP contribution in [0.4, 0.5) is 0 Å². The summed E-state index contributed by atoms with van der Waals surface area (Å²) in [6, 6.07) is 10.5. The van der Waals surface area contributed by atoms with E-state index in [-0.39, 0.29) is 0 Å². The van der Waals surface area contributed by atoms with Crippen LogP contribution >= 0.6 is 0 Å². The zero-order valence-corrected chi connectivity index (χ0v) is 11.1. The average Bonchev–Trinajstić information content (AvgIpc) is 2.34. The standard InChI is InChI=1S/C16H24O/c1-3-4-12-16(14(2)17)13-8-11-15-9-6-5-7-10-15/h5-7,9-10,16H,3-4,8,11-13H2,1-2H3. The molecule has 0 aliphatic carbocycles. The lowest BCUT2D eigenvalue weighted by Crippen LogP contribution is -2.11. The molecule has 0 heterocycles. The van der Waals surface area contributed by atoms with E-state index in [4.69, 9.17) is 0 Å². The number of aryl methyl sites for hydroxylation is 1. The Kier molecular flexibility index (Phi) is 6.61. The van der Waals surface area contributed by atoms with Crippen LogP contribution in [-0.2, 0) is 11.2 Å². The Labute approximate surface area is 105 Å². The Morgan fingerprint density at radius 3 is 2.35 bits per heavy atom. The monoisotopic (exact) mass is 232 g/mol. The van der Waals surface area contributed by atoms with Crippen LogP contribution in [0.3, 0.4) is 0 Å². The van der Waals surface area contributed by atoms with Crippen LogP contribution in [0.5, 0.6) is 0 Å². The van der Waals surface area contributed by atoms with Gasteiger partial charge in [0, 0.05) is 5.92 Å². The molecule has 0 aliphatic rings. The first kappa shape index (κ1) is 14.0. The Bertz CT molecular complexity index is 316. The van der Waals surface area contributed by atoms with Crippen molar-refractivity contribution in [3.8, 4) is 0 Å². The summed E-state index contributed by atoms with van der Waals surface area (Å²) in [6.07, 6.45) is 6.69. The normalized spacial score (nSPS) is 12.4. The van der Waals surface area contributed by atoms with Crippen LogP contribution in [0, 0.1) is 5.92 Å². The third-order valence-electron chi connectivity index (χ3n) is 3.34. The molecule has 1 nitrogen and oxygen atoms in total. The lowest BCUT2D eigenvalue weighted by molar-refractivity contribution is -0.121. The number of carbonyl (C=O) groups is 1. The molecule has 1 aromatic rings. The third kappa shape index (κ3) is 5.67. The smallest absolute Gasteiger partial charge is 0.132 e. The molecular weight excluding hydrogens is 208 g/mol. The van der Waals surface area contributed by atoms with Crippen LogP contribution in [0.1, 0.15) is 51.5 Å². The Morgan fingerprint density at radius 1 is 1.12 bits per heavy atom. The minimum absolute atomic E-state index is 0.290. The van der Waals surface area contributed by atoms with Crippen molar-refractivity contribution in [1.29, 1.82) is 0 Å². The van der Waals surface area contributed by atoms with Crippen molar-refractivity contribution in [3.63, 3.8) is 0 Å². The maximum atomic E-state index is 11.5. The van der Waals surface area contributed by atoms with Gasteiger partial charge in [-0.05, 0) is 38.2 Å². The van der Waals surface area contributed by atoms with Gasteiger partial charge in [0.15, 0.2) is 0 Å². The molecule has 1 unspecified atom stereocenters. The number of Topliss-reactive ketones (excluding diaryl/α,β-unsaturated/α-hetero) is 1. The highest BCUT2D eigenvalue weighted by molar-refractivity contribution is 5.78. The minimum atomic E-state index is 0.290. The summed E-state index contributed by atoms with van der Waals surface area (Å²) in [4.78, 5) is 11.5. The van der Waals surface area contributed by atoms with Gasteiger partial charge in [0.05, 0.1) is 0 Å². The van der Waals surface area contributed by atoms with Gasteiger partial charge < -0.3 is 0 Å². The SMILES string of the molecule is CCCCC(CCCc1ccccc1)C(C)=O. The molecule has 0 saturated heterocycles. The van der Waals surface area contributed by atoms with Crippen molar-refractivity contribution >= 4 is 5.78 Å². The van der Waals surface area contributed by atoms with Gasteiger partial charge >= 0.3 is 0 Å². The summed E-state index contributed by atoms with van der Waals surface area (Å²) in [5, 5.41) is 0. The first-order chi connectivity index (χ1) is 8.24. The van der Waals surface area contributed by atoms with E-state index in [1.165, 1.54) is 18.4 Å². The lowest BCUT2D eigenvalue weighted by Gasteiger charge is -2.12. The molecule has 0 amide bonds. The molecule has 94 valence electrons. The van der Waals surface area contributed by atoms with Gasteiger partial charge in [0.25, 0.3) is 0 Å². The predicted molar refractivity (Wildman–Crippen MR) is 73.1 cm³/mol. The van der Waals surface area contributed by atoms with E-state index in [0.29, 0.717) is 11.7 Å².